The SMILES string of the molecule is O=C(Nc1ccc(C(F)(F)F)cn1)[C@H]1C[C@@H]1c1ccccc1. The van der Waals surface area contributed by atoms with Crippen molar-refractivity contribution in [2.24, 2.45) is 5.92 Å². The van der Waals surface area contributed by atoms with Crippen LogP contribution in [0.4, 0.5) is 19.0 Å². The van der Waals surface area contributed by atoms with Crippen LogP contribution in [0.5, 0.6) is 0 Å². The van der Waals surface area contributed by atoms with Gasteiger partial charge in [-0.1, -0.05) is 30.3 Å². The number of hydrogen-bond donors (Lipinski definition) is 1. The molecule has 0 unspecified atom stereocenters. The van der Waals surface area contributed by atoms with Crippen LogP contribution in [0.1, 0.15) is 23.5 Å². The molecule has 0 radical (unpaired) electrons. The zero-order valence-electron chi connectivity index (χ0n) is 11.5. The third-order valence-corrected chi connectivity index (χ3v) is 3.70. The highest BCUT2D eigenvalue weighted by molar-refractivity contribution is 5.94. The summed E-state index contributed by atoms with van der Waals surface area (Å²) in [6.45, 7) is 0. The van der Waals surface area contributed by atoms with Gasteiger partial charge in [0.2, 0.25) is 5.91 Å². The van der Waals surface area contributed by atoms with Crippen LogP contribution in [-0.4, -0.2) is 10.9 Å². The summed E-state index contributed by atoms with van der Waals surface area (Å²) < 4.78 is 37.3. The van der Waals surface area contributed by atoms with Gasteiger partial charge in [-0.25, -0.2) is 4.98 Å². The molecule has 0 saturated heterocycles. The molecule has 1 heterocycles. The lowest BCUT2D eigenvalue weighted by atomic mass is 10.1. The van der Waals surface area contributed by atoms with E-state index in [2.05, 4.69) is 10.3 Å². The Bertz CT molecular complexity index is 668. The Morgan fingerprint density at radius 2 is 1.86 bits per heavy atom. The first-order chi connectivity index (χ1) is 10.4. The Morgan fingerprint density at radius 1 is 1.14 bits per heavy atom. The van der Waals surface area contributed by atoms with E-state index in [-0.39, 0.29) is 23.6 Å². The molecule has 1 aromatic carbocycles. The number of aromatic nitrogens is 1. The lowest BCUT2D eigenvalue weighted by Gasteiger charge is -2.08. The quantitative estimate of drug-likeness (QED) is 0.936. The Morgan fingerprint density at radius 3 is 2.45 bits per heavy atom. The van der Waals surface area contributed by atoms with Gasteiger partial charge < -0.3 is 5.32 Å². The van der Waals surface area contributed by atoms with E-state index in [0.717, 1.165) is 24.2 Å². The maximum Gasteiger partial charge on any atom is 0.417 e. The van der Waals surface area contributed by atoms with E-state index >= 15 is 0 Å². The minimum absolute atomic E-state index is 0.136. The highest BCUT2D eigenvalue weighted by atomic mass is 19.4. The summed E-state index contributed by atoms with van der Waals surface area (Å²) in [6, 6.07) is 11.8. The summed E-state index contributed by atoms with van der Waals surface area (Å²) in [4.78, 5) is 15.7. The summed E-state index contributed by atoms with van der Waals surface area (Å²) in [5.41, 5.74) is 0.266. The Balaban J connectivity index is 1.61. The number of carbonyl (C=O) groups excluding carboxylic acids is 1. The molecule has 0 spiro atoms. The van der Waals surface area contributed by atoms with Crippen LogP contribution in [0.15, 0.2) is 48.7 Å². The molecule has 0 bridgehead atoms. The molecule has 1 N–H and O–H groups in total. The predicted molar refractivity (Wildman–Crippen MR) is 75.2 cm³/mol. The second-order valence-electron chi connectivity index (χ2n) is 5.28. The van der Waals surface area contributed by atoms with E-state index < -0.39 is 11.7 Å². The van der Waals surface area contributed by atoms with E-state index in [1.54, 1.807) is 0 Å². The Hall–Kier alpha value is -2.37. The van der Waals surface area contributed by atoms with Crippen molar-refractivity contribution in [3.8, 4) is 0 Å². The molecular formula is C16H13F3N2O. The fraction of sp³-hybridized carbons (Fsp3) is 0.250. The number of alkyl halides is 3. The maximum atomic E-state index is 12.4. The van der Waals surface area contributed by atoms with Crippen LogP contribution in [0.25, 0.3) is 0 Å². The monoisotopic (exact) mass is 306 g/mol. The first kappa shape index (κ1) is 14.6. The summed E-state index contributed by atoms with van der Waals surface area (Å²) in [5.74, 6) is -0.0417. The largest absolute Gasteiger partial charge is 0.417 e. The molecule has 1 aliphatic carbocycles. The molecule has 114 valence electrons. The third kappa shape index (κ3) is 3.10. The zero-order valence-corrected chi connectivity index (χ0v) is 11.5. The molecule has 1 aliphatic rings. The van der Waals surface area contributed by atoms with Gasteiger partial charge in [0.05, 0.1) is 5.56 Å². The molecule has 1 saturated carbocycles. The van der Waals surface area contributed by atoms with Crippen LogP contribution in [0, 0.1) is 5.92 Å². The van der Waals surface area contributed by atoms with Crippen LogP contribution in [-0.2, 0) is 11.0 Å². The van der Waals surface area contributed by atoms with Gasteiger partial charge in [-0.2, -0.15) is 13.2 Å². The van der Waals surface area contributed by atoms with Gasteiger partial charge in [-0.05, 0) is 30.0 Å². The fourth-order valence-electron chi connectivity index (χ4n) is 2.41. The Labute approximate surface area is 125 Å². The van der Waals surface area contributed by atoms with Gasteiger partial charge in [0.25, 0.3) is 0 Å². The van der Waals surface area contributed by atoms with Crippen LogP contribution < -0.4 is 5.32 Å². The van der Waals surface area contributed by atoms with E-state index in [4.69, 9.17) is 0 Å². The number of benzene rings is 1. The van der Waals surface area contributed by atoms with Crippen molar-refractivity contribution in [3.05, 3.63) is 59.8 Å². The fourth-order valence-corrected chi connectivity index (χ4v) is 2.41. The van der Waals surface area contributed by atoms with E-state index in [0.29, 0.717) is 0 Å². The van der Waals surface area contributed by atoms with Gasteiger partial charge in [0, 0.05) is 12.1 Å². The molecular weight excluding hydrogens is 293 g/mol. The minimum atomic E-state index is -4.43. The number of pyridine rings is 1. The van der Waals surface area contributed by atoms with Crippen LogP contribution >= 0.6 is 0 Å². The maximum absolute atomic E-state index is 12.4. The average molecular weight is 306 g/mol. The first-order valence-corrected chi connectivity index (χ1v) is 6.84. The molecule has 3 rings (SSSR count). The van der Waals surface area contributed by atoms with Crippen molar-refractivity contribution in [1.29, 1.82) is 0 Å². The van der Waals surface area contributed by atoms with E-state index in [1.807, 2.05) is 30.3 Å². The zero-order chi connectivity index (χ0) is 15.7. The number of anilines is 1. The molecule has 0 aliphatic heterocycles. The lowest BCUT2D eigenvalue weighted by molar-refractivity contribution is -0.137. The highest BCUT2D eigenvalue weighted by Crippen LogP contribution is 2.47. The standard InChI is InChI=1S/C16H13F3N2O/c17-16(18,19)11-6-7-14(20-9-11)21-15(22)13-8-12(13)10-4-2-1-3-5-10/h1-7,9,12-13H,8H2,(H,20,21,22)/t12-,13+/m1/s1. The van der Waals surface area contributed by atoms with Gasteiger partial charge in [-0.15, -0.1) is 0 Å². The smallest absolute Gasteiger partial charge is 0.310 e. The predicted octanol–water partition coefficient (Wildman–Crippen LogP) is 3.84. The second-order valence-corrected chi connectivity index (χ2v) is 5.28. The number of halogens is 3. The molecule has 1 amide bonds. The third-order valence-electron chi connectivity index (χ3n) is 3.70. The first-order valence-electron chi connectivity index (χ1n) is 6.84. The second kappa shape index (κ2) is 5.44. The summed E-state index contributed by atoms with van der Waals surface area (Å²) >= 11 is 0. The van der Waals surface area contributed by atoms with Gasteiger partial charge >= 0.3 is 6.18 Å². The summed E-state index contributed by atoms with van der Waals surface area (Å²) in [6.07, 6.45) is -2.96. The number of carbonyl (C=O) groups is 1. The number of nitrogens with zero attached hydrogens (tertiary/aromatic N) is 1. The van der Waals surface area contributed by atoms with Crippen molar-refractivity contribution >= 4 is 11.7 Å². The summed E-state index contributed by atoms with van der Waals surface area (Å²) in [5, 5.41) is 2.56. The van der Waals surface area contributed by atoms with E-state index in [1.165, 1.54) is 6.07 Å². The van der Waals surface area contributed by atoms with Crippen LogP contribution in [0.3, 0.4) is 0 Å². The number of amides is 1. The topological polar surface area (TPSA) is 42.0 Å². The molecule has 1 fully saturated rings. The Kier molecular flexibility index (Phi) is 3.60. The van der Waals surface area contributed by atoms with Crippen LogP contribution in [0.2, 0.25) is 0 Å². The van der Waals surface area contributed by atoms with Gasteiger partial charge in [-0.3, -0.25) is 4.79 Å². The lowest BCUT2D eigenvalue weighted by Crippen LogP contribution is -2.16. The molecule has 2 aromatic rings. The van der Waals surface area contributed by atoms with Crippen molar-refractivity contribution in [2.45, 2.75) is 18.5 Å². The number of hydrogen-bond acceptors (Lipinski definition) is 2. The number of nitrogens with one attached hydrogen (secondary N) is 1. The molecule has 2 atom stereocenters. The molecule has 22 heavy (non-hydrogen) atoms. The average Bonchev–Trinajstić information content (AvgIpc) is 3.28. The van der Waals surface area contributed by atoms with Crippen molar-refractivity contribution in [2.75, 3.05) is 5.32 Å². The summed E-state index contributed by atoms with van der Waals surface area (Å²) in [7, 11) is 0. The minimum Gasteiger partial charge on any atom is -0.310 e. The van der Waals surface area contributed by atoms with Crippen molar-refractivity contribution < 1.29 is 18.0 Å². The van der Waals surface area contributed by atoms with Gasteiger partial charge in [0.15, 0.2) is 0 Å². The van der Waals surface area contributed by atoms with E-state index in [9.17, 15) is 18.0 Å². The normalized spacial score (nSPS) is 20.5. The number of rotatable bonds is 3. The molecule has 3 nitrogen and oxygen atoms in total. The highest BCUT2D eigenvalue weighted by Gasteiger charge is 2.43. The van der Waals surface area contributed by atoms with Crippen molar-refractivity contribution in [1.82, 2.24) is 4.98 Å². The van der Waals surface area contributed by atoms with Crippen molar-refractivity contribution in [3.63, 3.8) is 0 Å². The molecule has 6 heteroatoms. The van der Waals surface area contributed by atoms with Gasteiger partial charge in [0.1, 0.15) is 5.82 Å². The molecule has 1 aromatic heterocycles.